The number of carbonyl (C=O) groups excluding carboxylic acids is 1. The molecule has 0 unspecified atom stereocenters. The van der Waals surface area contributed by atoms with Crippen LogP contribution in [0.15, 0.2) is 18.2 Å². The van der Waals surface area contributed by atoms with Crippen LogP contribution in [0.25, 0.3) is 0 Å². The zero-order chi connectivity index (χ0) is 14.0. The van der Waals surface area contributed by atoms with E-state index in [0.717, 1.165) is 17.6 Å². The molecule has 0 aliphatic rings. The maximum atomic E-state index is 13.5. The van der Waals surface area contributed by atoms with Crippen LogP contribution in [-0.4, -0.2) is 15.4 Å². The average molecular weight is 282 g/mol. The quantitative estimate of drug-likeness (QED) is 0.807. The Bertz CT molecular complexity index is 610. The van der Waals surface area contributed by atoms with Gasteiger partial charge in [0.15, 0.2) is 17.4 Å². The molecule has 0 aliphatic heterocycles. The molecule has 0 atom stereocenters. The first-order chi connectivity index (χ1) is 9.00. The molecule has 0 fully saturated rings. The van der Waals surface area contributed by atoms with E-state index in [1.54, 1.807) is 0 Å². The highest BCUT2D eigenvalue weighted by atomic mass is 32.1. The van der Waals surface area contributed by atoms with E-state index >= 15 is 0 Å². The van der Waals surface area contributed by atoms with Gasteiger partial charge in [0.05, 0.1) is 5.69 Å². The van der Waals surface area contributed by atoms with Gasteiger partial charge in [-0.25, -0.2) is 8.78 Å². The number of carbonyl (C=O) groups is 1. The fourth-order valence-corrected chi connectivity index (χ4v) is 2.46. The van der Waals surface area contributed by atoms with Gasteiger partial charge in [0.1, 0.15) is 4.88 Å². The Morgan fingerprint density at radius 2 is 2.11 bits per heavy atom. The van der Waals surface area contributed by atoms with Gasteiger partial charge in [-0.3, -0.25) is 4.79 Å². The summed E-state index contributed by atoms with van der Waals surface area (Å²) in [5.41, 5.74) is 0.653. The van der Waals surface area contributed by atoms with Gasteiger partial charge >= 0.3 is 0 Å². The topological polar surface area (TPSA) is 42.9 Å². The molecule has 0 N–H and O–H groups in total. The van der Waals surface area contributed by atoms with Gasteiger partial charge in [-0.2, -0.15) is 0 Å². The molecule has 2 rings (SSSR count). The molecular weight excluding hydrogens is 270 g/mol. The molecule has 0 saturated carbocycles. The first-order valence-corrected chi connectivity index (χ1v) is 6.56. The van der Waals surface area contributed by atoms with E-state index in [1.807, 2.05) is 13.8 Å². The van der Waals surface area contributed by atoms with Crippen LogP contribution in [0.1, 0.15) is 40.7 Å². The Morgan fingerprint density at radius 1 is 1.37 bits per heavy atom. The van der Waals surface area contributed by atoms with Crippen molar-refractivity contribution in [2.75, 3.05) is 0 Å². The maximum Gasteiger partial charge on any atom is 0.180 e. The highest BCUT2D eigenvalue weighted by Crippen LogP contribution is 2.22. The summed E-state index contributed by atoms with van der Waals surface area (Å²) in [5.74, 6) is -2.14. The second kappa shape index (κ2) is 5.52. The number of nitrogens with zero attached hydrogens (tertiary/aromatic N) is 2. The fourth-order valence-electron chi connectivity index (χ4n) is 1.71. The van der Waals surface area contributed by atoms with Gasteiger partial charge in [-0.1, -0.05) is 30.5 Å². The van der Waals surface area contributed by atoms with Crippen LogP contribution in [0.4, 0.5) is 8.78 Å². The predicted molar refractivity (Wildman–Crippen MR) is 68.4 cm³/mol. The molecule has 0 saturated heterocycles. The van der Waals surface area contributed by atoms with Crippen molar-refractivity contribution < 1.29 is 13.6 Å². The third-order valence-corrected chi connectivity index (χ3v) is 3.48. The first-order valence-electron chi connectivity index (χ1n) is 5.79. The van der Waals surface area contributed by atoms with Crippen LogP contribution in [0.3, 0.4) is 0 Å². The molecule has 1 aromatic carbocycles. The van der Waals surface area contributed by atoms with E-state index in [-0.39, 0.29) is 23.7 Å². The summed E-state index contributed by atoms with van der Waals surface area (Å²) in [5, 5.41) is 3.90. The molecule has 2 aromatic rings. The Hall–Kier alpha value is -1.69. The summed E-state index contributed by atoms with van der Waals surface area (Å²) in [7, 11) is 0. The van der Waals surface area contributed by atoms with E-state index in [9.17, 15) is 13.6 Å². The molecule has 100 valence electrons. The van der Waals surface area contributed by atoms with Crippen LogP contribution in [-0.2, 0) is 6.42 Å². The zero-order valence-corrected chi connectivity index (χ0v) is 11.3. The molecule has 19 heavy (non-hydrogen) atoms. The standard InChI is InChI=1S/C13H12F2N2OS/c1-7(2)12-13(19-17-16-12)10(18)6-8-4-3-5-9(14)11(8)15/h3-5,7H,6H2,1-2H3. The SMILES string of the molecule is CC(C)c1nnsc1C(=O)Cc1cccc(F)c1F. The third-order valence-electron chi connectivity index (χ3n) is 2.70. The molecule has 0 amide bonds. The van der Waals surface area contributed by atoms with Crippen LogP contribution in [0.2, 0.25) is 0 Å². The van der Waals surface area contributed by atoms with E-state index < -0.39 is 11.6 Å². The van der Waals surface area contributed by atoms with E-state index in [4.69, 9.17) is 0 Å². The smallest absolute Gasteiger partial charge is 0.180 e. The number of halogens is 2. The van der Waals surface area contributed by atoms with Crippen molar-refractivity contribution in [2.45, 2.75) is 26.2 Å². The van der Waals surface area contributed by atoms with Crippen molar-refractivity contribution in [3.05, 3.63) is 46.0 Å². The number of benzene rings is 1. The number of aromatic nitrogens is 2. The number of rotatable bonds is 4. The highest BCUT2D eigenvalue weighted by molar-refractivity contribution is 7.08. The molecule has 0 bridgehead atoms. The number of ketones is 1. The van der Waals surface area contributed by atoms with Crippen molar-refractivity contribution in [1.82, 2.24) is 9.59 Å². The van der Waals surface area contributed by atoms with Gasteiger partial charge in [-0.05, 0) is 29.1 Å². The monoisotopic (exact) mass is 282 g/mol. The van der Waals surface area contributed by atoms with Crippen LogP contribution in [0, 0.1) is 11.6 Å². The lowest BCUT2D eigenvalue weighted by Crippen LogP contribution is -2.08. The fraction of sp³-hybridized carbons (Fsp3) is 0.308. The van der Waals surface area contributed by atoms with Crippen molar-refractivity contribution >= 4 is 17.3 Å². The average Bonchev–Trinajstić information content (AvgIpc) is 2.84. The second-order valence-electron chi connectivity index (χ2n) is 4.45. The maximum absolute atomic E-state index is 13.5. The van der Waals surface area contributed by atoms with Crippen molar-refractivity contribution in [2.24, 2.45) is 0 Å². The van der Waals surface area contributed by atoms with Gasteiger partial charge in [0, 0.05) is 6.42 Å². The first kappa shape index (κ1) is 13.7. The number of hydrogen-bond donors (Lipinski definition) is 0. The normalized spacial score (nSPS) is 11.0. The summed E-state index contributed by atoms with van der Waals surface area (Å²) >= 11 is 0.988. The number of Topliss-reactive ketones (excluding diaryl/α,β-unsaturated/α-hetero) is 1. The lowest BCUT2D eigenvalue weighted by atomic mass is 10.0. The predicted octanol–water partition coefficient (Wildman–Crippen LogP) is 3.37. The van der Waals surface area contributed by atoms with Gasteiger partial charge in [0.2, 0.25) is 0 Å². The zero-order valence-electron chi connectivity index (χ0n) is 10.5. The molecule has 0 spiro atoms. The summed E-state index contributed by atoms with van der Waals surface area (Å²) in [6.45, 7) is 3.80. The summed E-state index contributed by atoms with van der Waals surface area (Å²) in [6.07, 6.45) is -0.187. The summed E-state index contributed by atoms with van der Waals surface area (Å²) in [4.78, 5) is 12.5. The molecule has 1 aromatic heterocycles. The lowest BCUT2D eigenvalue weighted by molar-refractivity contribution is 0.0994. The molecule has 3 nitrogen and oxygen atoms in total. The van der Waals surface area contributed by atoms with Gasteiger partial charge < -0.3 is 0 Å². The Kier molecular flexibility index (Phi) is 3.99. The minimum atomic E-state index is -0.973. The largest absolute Gasteiger partial charge is 0.293 e. The number of hydrogen-bond acceptors (Lipinski definition) is 4. The van der Waals surface area contributed by atoms with E-state index in [0.29, 0.717) is 10.6 Å². The minimum Gasteiger partial charge on any atom is -0.293 e. The van der Waals surface area contributed by atoms with Gasteiger partial charge in [-0.15, -0.1) is 5.10 Å². The van der Waals surface area contributed by atoms with Crippen LogP contribution >= 0.6 is 11.5 Å². The lowest BCUT2D eigenvalue weighted by Gasteiger charge is -2.05. The summed E-state index contributed by atoms with van der Waals surface area (Å²) in [6, 6.07) is 3.81. The van der Waals surface area contributed by atoms with Crippen LogP contribution < -0.4 is 0 Å². The molecule has 1 heterocycles. The summed E-state index contributed by atoms with van der Waals surface area (Å²) < 4.78 is 30.3. The van der Waals surface area contributed by atoms with Crippen molar-refractivity contribution in [3.8, 4) is 0 Å². The van der Waals surface area contributed by atoms with Crippen molar-refractivity contribution in [1.29, 1.82) is 0 Å². The molecule has 0 aliphatic carbocycles. The minimum absolute atomic E-state index is 0.0492. The highest BCUT2D eigenvalue weighted by Gasteiger charge is 2.20. The van der Waals surface area contributed by atoms with E-state index in [2.05, 4.69) is 9.59 Å². The second-order valence-corrected chi connectivity index (χ2v) is 5.21. The Balaban J connectivity index is 2.26. The molecule has 6 heteroatoms. The van der Waals surface area contributed by atoms with Crippen LogP contribution in [0.5, 0.6) is 0 Å². The van der Waals surface area contributed by atoms with Gasteiger partial charge in [0.25, 0.3) is 0 Å². The molecule has 0 radical (unpaired) electrons. The van der Waals surface area contributed by atoms with Crippen molar-refractivity contribution in [3.63, 3.8) is 0 Å². The Morgan fingerprint density at radius 3 is 2.79 bits per heavy atom. The molecular formula is C13H12F2N2OS. The Labute approximate surface area is 113 Å². The van der Waals surface area contributed by atoms with E-state index in [1.165, 1.54) is 12.1 Å². The third kappa shape index (κ3) is 2.84.